The quantitative estimate of drug-likeness (QED) is 0.812. The van der Waals surface area contributed by atoms with Crippen LogP contribution in [0.1, 0.15) is 32.3 Å². The lowest BCUT2D eigenvalue weighted by atomic mass is 10.1. The minimum Gasteiger partial charge on any atom is -0.491 e. The Morgan fingerprint density at radius 2 is 2.00 bits per heavy atom. The van der Waals surface area contributed by atoms with Crippen LogP contribution in [-0.4, -0.2) is 24.6 Å². The molecule has 0 spiro atoms. The van der Waals surface area contributed by atoms with Gasteiger partial charge in [-0.25, -0.2) is 0 Å². The van der Waals surface area contributed by atoms with E-state index in [1.807, 2.05) is 6.92 Å². The summed E-state index contributed by atoms with van der Waals surface area (Å²) in [5.74, 6) is -0.587. The van der Waals surface area contributed by atoms with Crippen LogP contribution in [0.15, 0.2) is 24.3 Å². The Morgan fingerprint density at radius 1 is 1.36 bits per heavy atom. The second-order valence-corrected chi connectivity index (χ2v) is 5.11. The van der Waals surface area contributed by atoms with Gasteiger partial charge in [-0.05, 0) is 25.5 Å². The van der Waals surface area contributed by atoms with Crippen molar-refractivity contribution in [2.75, 3.05) is 6.61 Å². The fraction of sp³-hybridized carbons (Fsp3) is 0.533. The van der Waals surface area contributed by atoms with Gasteiger partial charge in [0.2, 0.25) is 5.91 Å². The Kier molecular flexibility index (Phi) is 6.67. The highest BCUT2D eigenvalue weighted by molar-refractivity contribution is 5.81. The molecule has 7 heteroatoms. The van der Waals surface area contributed by atoms with Crippen molar-refractivity contribution in [3.8, 4) is 5.75 Å². The van der Waals surface area contributed by atoms with Gasteiger partial charge in [0.05, 0.1) is 17.6 Å². The lowest BCUT2D eigenvalue weighted by Gasteiger charge is -2.19. The first-order valence-corrected chi connectivity index (χ1v) is 7.10. The first-order chi connectivity index (χ1) is 10.3. The van der Waals surface area contributed by atoms with Gasteiger partial charge in [0.25, 0.3) is 0 Å². The van der Waals surface area contributed by atoms with Crippen LogP contribution in [0.4, 0.5) is 13.2 Å². The second-order valence-electron chi connectivity index (χ2n) is 5.11. The Labute approximate surface area is 127 Å². The number of ether oxygens (including phenoxy) is 1. The smallest absolute Gasteiger partial charge is 0.419 e. The van der Waals surface area contributed by atoms with Crippen LogP contribution in [0.2, 0.25) is 0 Å². The van der Waals surface area contributed by atoms with Crippen molar-refractivity contribution >= 4 is 5.91 Å². The highest BCUT2D eigenvalue weighted by atomic mass is 19.4. The number of carbonyl (C=O) groups excluding carboxylic acids is 1. The molecule has 1 aromatic rings. The monoisotopic (exact) mass is 318 g/mol. The molecule has 0 bridgehead atoms. The van der Waals surface area contributed by atoms with E-state index in [4.69, 9.17) is 10.5 Å². The minimum absolute atomic E-state index is 0.0717. The SMILES string of the molecule is CCCC(N)C(=O)NC(C)COc1ccccc1C(F)(F)F. The van der Waals surface area contributed by atoms with Gasteiger partial charge in [0, 0.05) is 0 Å². The summed E-state index contributed by atoms with van der Waals surface area (Å²) in [7, 11) is 0. The molecular weight excluding hydrogens is 297 g/mol. The largest absolute Gasteiger partial charge is 0.491 e. The van der Waals surface area contributed by atoms with E-state index in [0.717, 1.165) is 12.5 Å². The third kappa shape index (κ3) is 5.55. The summed E-state index contributed by atoms with van der Waals surface area (Å²) in [6.45, 7) is 3.48. The Morgan fingerprint density at radius 3 is 2.59 bits per heavy atom. The third-order valence-electron chi connectivity index (χ3n) is 3.01. The molecule has 4 nitrogen and oxygen atoms in total. The first kappa shape index (κ1) is 18.3. The van der Waals surface area contributed by atoms with Crippen molar-refractivity contribution in [3.63, 3.8) is 0 Å². The topological polar surface area (TPSA) is 64.4 Å². The number of halogens is 3. The minimum atomic E-state index is -4.48. The molecule has 0 aliphatic carbocycles. The van der Waals surface area contributed by atoms with E-state index < -0.39 is 23.8 Å². The van der Waals surface area contributed by atoms with Crippen LogP contribution in [0, 0.1) is 0 Å². The van der Waals surface area contributed by atoms with Gasteiger partial charge in [-0.2, -0.15) is 13.2 Å². The van der Waals surface area contributed by atoms with Crippen molar-refractivity contribution in [1.29, 1.82) is 0 Å². The van der Waals surface area contributed by atoms with Crippen molar-refractivity contribution in [3.05, 3.63) is 29.8 Å². The number of rotatable bonds is 7. The van der Waals surface area contributed by atoms with Gasteiger partial charge in [0.1, 0.15) is 12.4 Å². The van der Waals surface area contributed by atoms with Crippen molar-refractivity contribution in [1.82, 2.24) is 5.32 Å². The molecule has 0 saturated carbocycles. The number of benzene rings is 1. The first-order valence-electron chi connectivity index (χ1n) is 7.10. The molecule has 0 saturated heterocycles. The number of carbonyl (C=O) groups is 1. The Balaban J connectivity index is 2.58. The maximum Gasteiger partial charge on any atom is 0.419 e. The summed E-state index contributed by atoms with van der Waals surface area (Å²) in [5, 5.41) is 2.62. The molecule has 124 valence electrons. The van der Waals surface area contributed by atoms with Crippen LogP contribution in [0.5, 0.6) is 5.75 Å². The fourth-order valence-electron chi connectivity index (χ4n) is 1.88. The highest BCUT2D eigenvalue weighted by Gasteiger charge is 2.34. The van der Waals surface area contributed by atoms with Crippen LogP contribution >= 0.6 is 0 Å². The molecule has 0 aliphatic heterocycles. The summed E-state index contributed by atoms with van der Waals surface area (Å²) < 4.78 is 43.6. The average molecular weight is 318 g/mol. The van der Waals surface area contributed by atoms with Crippen molar-refractivity contribution in [2.24, 2.45) is 5.73 Å². The zero-order chi connectivity index (χ0) is 16.8. The normalized spacial score (nSPS) is 14.3. The molecule has 2 atom stereocenters. The molecule has 1 rings (SSSR count). The van der Waals surface area contributed by atoms with Gasteiger partial charge < -0.3 is 15.8 Å². The molecule has 2 unspecified atom stereocenters. The number of amides is 1. The second kappa shape index (κ2) is 8.03. The maximum absolute atomic E-state index is 12.8. The summed E-state index contributed by atoms with van der Waals surface area (Å²) in [6.07, 6.45) is -3.15. The fourth-order valence-corrected chi connectivity index (χ4v) is 1.88. The maximum atomic E-state index is 12.8. The zero-order valence-electron chi connectivity index (χ0n) is 12.6. The highest BCUT2D eigenvalue weighted by Crippen LogP contribution is 2.35. The predicted octanol–water partition coefficient (Wildman–Crippen LogP) is 2.72. The van der Waals surface area contributed by atoms with Gasteiger partial charge in [-0.3, -0.25) is 4.79 Å². The van der Waals surface area contributed by atoms with Gasteiger partial charge in [-0.15, -0.1) is 0 Å². The summed E-state index contributed by atoms with van der Waals surface area (Å²) in [4.78, 5) is 11.7. The van der Waals surface area contributed by atoms with E-state index in [1.54, 1.807) is 6.92 Å². The number of nitrogens with one attached hydrogen (secondary N) is 1. The molecule has 0 heterocycles. The van der Waals surface area contributed by atoms with Crippen molar-refractivity contribution in [2.45, 2.75) is 44.9 Å². The van der Waals surface area contributed by atoms with Crippen molar-refractivity contribution < 1.29 is 22.7 Å². The number of nitrogens with two attached hydrogens (primary N) is 1. The van der Waals surface area contributed by atoms with Crippen LogP contribution in [-0.2, 0) is 11.0 Å². The lowest BCUT2D eigenvalue weighted by molar-refractivity contribution is -0.139. The van der Waals surface area contributed by atoms with E-state index in [1.165, 1.54) is 18.2 Å². The number of alkyl halides is 3. The zero-order valence-corrected chi connectivity index (χ0v) is 12.6. The van der Waals surface area contributed by atoms with Gasteiger partial charge in [-0.1, -0.05) is 25.5 Å². The van der Waals surface area contributed by atoms with E-state index in [9.17, 15) is 18.0 Å². The van der Waals surface area contributed by atoms with E-state index in [2.05, 4.69) is 5.32 Å². The van der Waals surface area contributed by atoms with E-state index >= 15 is 0 Å². The van der Waals surface area contributed by atoms with E-state index in [-0.39, 0.29) is 18.3 Å². The molecule has 22 heavy (non-hydrogen) atoms. The summed E-state index contributed by atoms with van der Waals surface area (Å²) in [6, 6.07) is 3.90. The van der Waals surface area contributed by atoms with Gasteiger partial charge >= 0.3 is 6.18 Å². The summed E-state index contributed by atoms with van der Waals surface area (Å²) in [5.41, 5.74) is 4.83. The molecule has 0 fully saturated rings. The molecule has 0 radical (unpaired) electrons. The molecule has 3 N–H and O–H groups in total. The molecule has 1 amide bonds. The Hall–Kier alpha value is -1.76. The average Bonchev–Trinajstić information content (AvgIpc) is 2.44. The summed E-state index contributed by atoms with van der Waals surface area (Å²) >= 11 is 0. The Bertz CT molecular complexity index is 492. The van der Waals surface area contributed by atoms with Crippen LogP contribution < -0.4 is 15.8 Å². The lowest BCUT2D eigenvalue weighted by Crippen LogP contribution is -2.46. The van der Waals surface area contributed by atoms with Crippen LogP contribution in [0.3, 0.4) is 0 Å². The number of para-hydroxylation sites is 1. The predicted molar refractivity (Wildman–Crippen MR) is 77.4 cm³/mol. The van der Waals surface area contributed by atoms with Crippen LogP contribution in [0.25, 0.3) is 0 Å². The molecule has 0 aliphatic rings. The molecular formula is C15H21F3N2O2. The molecule has 1 aromatic carbocycles. The van der Waals surface area contributed by atoms with E-state index in [0.29, 0.717) is 6.42 Å². The standard InChI is InChI=1S/C15H21F3N2O2/c1-3-6-12(19)14(21)20-10(2)9-22-13-8-5-4-7-11(13)15(16,17)18/h4-5,7-8,10,12H,3,6,9,19H2,1-2H3,(H,20,21). The number of hydrogen-bond acceptors (Lipinski definition) is 3. The van der Waals surface area contributed by atoms with Gasteiger partial charge in [0.15, 0.2) is 0 Å². The third-order valence-corrected chi connectivity index (χ3v) is 3.01. The number of hydrogen-bond donors (Lipinski definition) is 2. The molecule has 0 aromatic heterocycles.